The lowest BCUT2D eigenvalue weighted by Crippen LogP contribution is -2.49. The molecule has 1 aromatic heterocycles. The summed E-state index contributed by atoms with van der Waals surface area (Å²) < 4.78 is 5.73. The van der Waals surface area contributed by atoms with Crippen LogP contribution in [0.15, 0.2) is 28.7 Å². The average Bonchev–Trinajstić information content (AvgIpc) is 2.91. The van der Waals surface area contributed by atoms with E-state index in [1.807, 2.05) is 24.3 Å². The Bertz CT molecular complexity index is 569. The summed E-state index contributed by atoms with van der Waals surface area (Å²) in [5.74, 6) is 1.20. The fourth-order valence-electron chi connectivity index (χ4n) is 2.32. The van der Waals surface area contributed by atoms with Crippen molar-refractivity contribution in [3.05, 3.63) is 35.2 Å². The second-order valence-electron chi connectivity index (χ2n) is 5.03. The topological polar surface area (TPSA) is 54.2 Å². The van der Waals surface area contributed by atoms with Crippen molar-refractivity contribution in [2.45, 2.75) is 19.5 Å². The van der Waals surface area contributed by atoms with Gasteiger partial charge < -0.3 is 9.73 Å². The fraction of sp³-hybridized carbons (Fsp3) is 0.429. The lowest BCUT2D eigenvalue weighted by molar-refractivity contribution is 0.151. The van der Waals surface area contributed by atoms with Gasteiger partial charge in [-0.25, -0.2) is 0 Å². The molecule has 20 heavy (non-hydrogen) atoms. The van der Waals surface area contributed by atoms with Crippen LogP contribution in [0.5, 0.6) is 0 Å². The minimum absolute atomic E-state index is 0.481. The second-order valence-corrected chi connectivity index (χ2v) is 5.47. The Labute approximate surface area is 122 Å². The van der Waals surface area contributed by atoms with E-state index in [0.717, 1.165) is 25.2 Å². The van der Waals surface area contributed by atoms with E-state index in [9.17, 15) is 0 Å². The molecule has 1 aliphatic rings. The van der Waals surface area contributed by atoms with Crippen molar-refractivity contribution < 1.29 is 4.42 Å². The predicted octanol–water partition coefficient (Wildman–Crippen LogP) is 2.18. The van der Waals surface area contributed by atoms with E-state index in [2.05, 4.69) is 27.3 Å². The third-order valence-electron chi connectivity index (χ3n) is 3.54. The minimum Gasteiger partial charge on any atom is -0.419 e. The molecular weight excluding hydrogens is 276 g/mol. The lowest BCUT2D eigenvalue weighted by atomic mass is 10.2. The molecule has 1 N–H and O–H groups in total. The molecule has 2 heterocycles. The van der Waals surface area contributed by atoms with Gasteiger partial charge >= 0.3 is 0 Å². The van der Waals surface area contributed by atoms with E-state index in [0.29, 0.717) is 29.4 Å². The zero-order valence-electron chi connectivity index (χ0n) is 11.3. The first-order valence-corrected chi connectivity index (χ1v) is 7.13. The molecule has 0 aliphatic carbocycles. The largest absolute Gasteiger partial charge is 0.419 e. The van der Waals surface area contributed by atoms with Gasteiger partial charge in [-0.1, -0.05) is 11.6 Å². The molecule has 5 nitrogen and oxygen atoms in total. The van der Waals surface area contributed by atoms with Gasteiger partial charge in [0.1, 0.15) is 0 Å². The van der Waals surface area contributed by atoms with Crippen molar-refractivity contribution in [2.75, 3.05) is 19.6 Å². The fourth-order valence-corrected chi connectivity index (χ4v) is 2.44. The summed E-state index contributed by atoms with van der Waals surface area (Å²) in [5, 5.41) is 12.3. The van der Waals surface area contributed by atoms with Crippen LogP contribution in [0.3, 0.4) is 0 Å². The number of hydrogen-bond acceptors (Lipinski definition) is 5. The van der Waals surface area contributed by atoms with Crippen molar-refractivity contribution in [2.24, 2.45) is 0 Å². The third kappa shape index (κ3) is 3.00. The van der Waals surface area contributed by atoms with Gasteiger partial charge in [-0.15, -0.1) is 10.2 Å². The van der Waals surface area contributed by atoms with E-state index < -0.39 is 0 Å². The maximum Gasteiger partial charge on any atom is 0.247 e. The molecule has 3 rings (SSSR count). The highest BCUT2D eigenvalue weighted by Crippen LogP contribution is 2.21. The van der Waals surface area contributed by atoms with Gasteiger partial charge in [0.05, 0.1) is 6.54 Å². The quantitative estimate of drug-likeness (QED) is 0.940. The van der Waals surface area contributed by atoms with Crippen LogP contribution < -0.4 is 5.32 Å². The summed E-state index contributed by atoms with van der Waals surface area (Å²) in [6.45, 7) is 5.90. The van der Waals surface area contributed by atoms with Crippen molar-refractivity contribution in [3.8, 4) is 11.5 Å². The number of benzene rings is 1. The molecule has 1 aromatic carbocycles. The Balaban J connectivity index is 1.71. The minimum atomic E-state index is 0.481. The number of piperazine rings is 1. The Morgan fingerprint density at radius 2 is 2.15 bits per heavy atom. The highest BCUT2D eigenvalue weighted by atomic mass is 35.5. The Hall–Kier alpha value is -1.43. The number of nitrogens with zero attached hydrogens (tertiary/aromatic N) is 3. The summed E-state index contributed by atoms with van der Waals surface area (Å²) >= 11 is 5.87. The molecule has 6 heteroatoms. The summed E-state index contributed by atoms with van der Waals surface area (Å²) in [6, 6.07) is 7.88. The molecule has 0 saturated carbocycles. The first-order chi connectivity index (χ1) is 9.72. The van der Waals surface area contributed by atoms with Crippen molar-refractivity contribution >= 4 is 11.6 Å². The molecule has 1 atom stereocenters. The Morgan fingerprint density at radius 3 is 2.90 bits per heavy atom. The number of nitrogens with one attached hydrogen (secondary N) is 1. The van der Waals surface area contributed by atoms with Crippen LogP contribution in [-0.2, 0) is 6.54 Å². The van der Waals surface area contributed by atoms with Gasteiger partial charge in [0, 0.05) is 36.3 Å². The van der Waals surface area contributed by atoms with Crippen LogP contribution >= 0.6 is 11.6 Å². The van der Waals surface area contributed by atoms with Crippen molar-refractivity contribution in [3.63, 3.8) is 0 Å². The van der Waals surface area contributed by atoms with Gasteiger partial charge in [-0.2, -0.15) is 0 Å². The highest BCUT2D eigenvalue weighted by molar-refractivity contribution is 6.30. The molecule has 106 valence electrons. The van der Waals surface area contributed by atoms with E-state index in [1.165, 1.54) is 0 Å². The molecule has 1 fully saturated rings. The summed E-state index contributed by atoms with van der Waals surface area (Å²) in [7, 11) is 0. The molecule has 1 saturated heterocycles. The molecule has 2 aromatic rings. The maximum absolute atomic E-state index is 5.87. The maximum atomic E-state index is 5.87. The number of halogens is 1. The van der Waals surface area contributed by atoms with Crippen LogP contribution in [-0.4, -0.2) is 40.8 Å². The average molecular weight is 293 g/mol. The van der Waals surface area contributed by atoms with Crippen LogP contribution in [0.4, 0.5) is 0 Å². The van der Waals surface area contributed by atoms with Crippen LogP contribution in [0.2, 0.25) is 5.02 Å². The molecule has 0 radical (unpaired) electrons. The SMILES string of the molecule is CC1CNCCN1Cc1nnc(-c2ccc(Cl)cc2)o1. The second kappa shape index (κ2) is 5.91. The molecule has 0 spiro atoms. The first kappa shape index (κ1) is 13.5. The van der Waals surface area contributed by atoms with Crippen LogP contribution in [0, 0.1) is 0 Å². The van der Waals surface area contributed by atoms with E-state index in [1.54, 1.807) is 0 Å². The van der Waals surface area contributed by atoms with Gasteiger partial charge in [0.25, 0.3) is 0 Å². The number of aromatic nitrogens is 2. The predicted molar refractivity (Wildman–Crippen MR) is 77.5 cm³/mol. The zero-order chi connectivity index (χ0) is 13.9. The van der Waals surface area contributed by atoms with Crippen molar-refractivity contribution in [1.82, 2.24) is 20.4 Å². The first-order valence-electron chi connectivity index (χ1n) is 6.75. The summed E-state index contributed by atoms with van der Waals surface area (Å²) in [5.41, 5.74) is 0.890. The summed E-state index contributed by atoms with van der Waals surface area (Å²) in [4.78, 5) is 2.34. The molecule has 1 unspecified atom stereocenters. The molecule has 0 amide bonds. The monoisotopic (exact) mass is 292 g/mol. The van der Waals surface area contributed by atoms with Gasteiger partial charge in [0.2, 0.25) is 11.8 Å². The number of hydrogen-bond donors (Lipinski definition) is 1. The van der Waals surface area contributed by atoms with E-state index in [-0.39, 0.29) is 0 Å². The van der Waals surface area contributed by atoms with E-state index in [4.69, 9.17) is 16.0 Å². The lowest BCUT2D eigenvalue weighted by Gasteiger charge is -2.32. The normalized spacial score (nSPS) is 20.2. The Kier molecular flexibility index (Phi) is 4.00. The van der Waals surface area contributed by atoms with Gasteiger partial charge in [-0.3, -0.25) is 4.90 Å². The van der Waals surface area contributed by atoms with Crippen molar-refractivity contribution in [1.29, 1.82) is 0 Å². The highest BCUT2D eigenvalue weighted by Gasteiger charge is 2.20. The molecule has 0 bridgehead atoms. The van der Waals surface area contributed by atoms with Crippen LogP contribution in [0.25, 0.3) is 11.5 Å². The molecule has 1 aliphatic heterocycles. The van der Waals surface area contributed by atoms with Crippen LogP contribution in [0.1, 0.15) is 12.8 Å². The number of rotatable bonds is 3. The zero-order valence-corrected chi connectivity index (χ0v) is 12.1. The summed E-state index contributed by atoms with van der Waals surface area (Å²) in [6.07, 6.45) is 0. The molecular formula is C14H17ClN4O. The standard InChI is InChI=1S/C14H17ClN4O/c1-10-8-16-6-7-19(10)9-13-17-18-14(20-13)11-2-4-12(15)5-3-11/h2-5,10,16H,6-9H2,1H3. The third-order valence-corrected chi connectivity index (χ3v) is 3.79. The van der Waals surface area contributed by atoms with Gasteiger partial charge in [0.15, 0.2) is 0 Å². The Morgan fingerprint density at radius 1 is 1.35 bits per heavy atom. The van der Waals surface area contributed by atoms with Gasteiger partial charge in [-0.05, 0) is 31.2 Å². The van der Waals surface area contributed by atoms with E-state index >= 15 is 0 Å². The smallest absolute Gasteiger partial charge is 0.247 e.